The smallest absolute Gasteiger partial charge is 0.227 e. The Bertz CT molecular complexity index is 413. The van der Waals surface area contributed by atoms with Crippen molar-refractivity contribution in [1.29, 1.82) is 0 Å². The summed E-state index contributed by atoms with van der Waals surface area (Å²) in [7, 11) is 1.43. The second-order valence-electron chi connectivity index (χ2n) is 4.68. The van der Waals surface area contributed by atoms with Crippen LogP contribution in [-0.4, -0.2) is 25.4 Å². The van der Waals surface area contributed by atoms with Crippen LogP contribution in [-0.2, 0) is 11.3 Å². The fourth-order valence-corrected chi connectivity index (χ4v) is 1.86. The highest BCUT2D eigenvalue weighted by molar-refractivity contribution is 5.16. The first-order chi connectivity index (χ1) is 9.77. The van der Waals surface area contributed by atoms with E-state index in [0.29, 0.717) is 19.0 Å². The van der Waals surface area contributed by atoms with E-state index in [1.165, 1.54) is 25.9 Å². The summed E-state index contributed by atoms with van der Waals surface area (Å²) in [5.74, 6) is 0.718. The minimum Gasteiger partial charge on any atom is -0.490 e. The van der Waals surface area contributed by atoms with E-state index in [1.54, 1.807) is 0 Å². The number of unbranched alkanes of at least 4 members (excludes halogenated alkanes) is 5. The van der Waals surface area contributed by atoms with Gasteiger partial charge in [0.2, 0.25) is 11.2 Å². The van der Waals surface area contributed by atoms with Crippen LogP contribution in [0.5, 0.6) is 5.75 Å². The lowest BCUT2D eigenvalue weighted by molar-refractivity contribution is 0.101. The Morgan fingerprint density at radius 2 is 1.85 bits per heavy atom. The molecule has 1 rings (SSSR count). The van der Waals surface area contributed by atoms with Gasteiger partial charge in [0, 0.05) is 19.3 Å². The SMILES string of the molecule is COc1coc(COCCCCCCCCO)cc1=O. The average Bonchev–Trinajstić information content (AvgIpc) is 2.46. The third kappa shape index (κ3) is 6.73. The van der Waals surface area contributed by atoms with E-state index in [9.17, 15) is 4.79 Å². The highest BCUT2D eigenvalue weighted by atomic mass is 16.5. The molecule has 0 atom stereocenters. The zero-order chi connectivity index (χ0) is 14.6. The van der Waals surface area contributed by atoms with Gasteiger partial charge in [0.05, 0.1) is 7.11 Å². The Morgan fingerprint density at radius 1 is 1.15 bits per heavy atom. The zero-order valence-corrected chi connectivity index (χ0v) is 12.1. The van der Waals surface area contributed by atoms with Gasteiger partial charge in [-0.05, 0) is 12.8 Å². The van der Waals surface area contributed by atoms with Crippen LogP contribution in [0.2, 0.25) is 0 Å². The van der Waals surface area contributed by atoms with Gasteiger partial charge in [-0.3, -0.25) is 4.79 Å². The fourth-order valence-electron chi connectivity index (χ4n) is 1.86. The first kappa shape index (κ1) is 16.7. The van der Waals surface area contributed by atoms with Crippen LogP contribution in [0.1, 0.15) is 44.3 Å². The quantitative estimate of drug-likeness (QED) is 0.632. The summed E-state index contributed by atoms with van der Waals surface area (Å²) in [6.07, 6.45) is 7.75. The lowest BCUT2D eigenvalue weighted by atomic mass is 10.1. The predicted molar refractivity (Wildman–Crippen MR) is 76.0 cm³/mol. The molecular formula is C15H24O5. The Morgan fingerprint density at radius 3 is 2.50 bits per heavy atom. The van der Waals surface area contributed by atoms with Crippen LogP contribution in [0.4, 0.5) is 0 Å². The molecule has 0 amide bonds. The van der Waals surface area contributed by atoms with E-state index in [2.05, 4.69) is 0 Å². The second kappa shape index (κ2) is 10.5. The van der Waals surface area contributed by atoms with Gasteiger partial charge in [-0.25, -0.2) is 0 Å². The molecule has 5 heteroatoms. The minimum atomic E-state index is -0.193. The summed E-state index contributed by atoms with van der Waals surface area (Å²) in [6.45, 7) is 1.26. The summed E-state index contributed by atoms with van der Waals surface area (Å²) in [6, 6.07) is 1.40. The molecular weight excluding hydrogens is 260 g/mol. The summed E-state index contributed by atoms with van der Waals surface area (Å²) in [5, 5.41) is 8.64. The lowest BCUT2D eigenvalue weighted by Crippen LogP contribution is -2.06. The Labute approximate surface area is 119 Å². The second-order valence-corrected chi connectivity index (χ2v) is 4.68. The molecule has 1 N–H and O–H groups in total. The summed E-state index contributed by atoms with van der Waals surface area (Å²) < 4.78 is 15.5. The summed E-state index contributed by atoms with van der Waals surface area (Å²) >= 11 is 0. The number of aliphatic hydroxyl groups excluding tert-OH is 1. The van der Waals surface area contributed by atoms with Gasteiger partial charge in [0.25, 0.3) is 0 Å². The van der Waals surface area contributed by atoms with Gasteiger partial charge in [-0.1, -0.05) is 25.7 Å². The molecule has 0 saturated carbocycles. The largest absolute Gasteiger partial charge is 0.490 e. The van der Waals surface area contributed by atoms with E-state index in [4.69, 9.17) is 19.0 Å². The van der Waals surface area contributed by atoms with E-state index >= 15 is 0 Å². The number of ether oxygens (including phenoxy) is 2. The van der Waals surface area contributed by atoms with Crippen molar-refractivity contribution in [3.63, 3.8) is 0 Å². The fraction of sp³-hybridized carbons (Fsp3) is 0.667. The van der Waals surface area contributed by atoms with Crippen LogP contribution in [0.15, 0.2) is 21.5 Å². The van der Waals surface area contributed by atoms with Gasteiger partial charge >= 0.3 is 0 Å². The number of hydrogen-bond donors (Lipinski definition) is 1. The third-order valence-electron chi connectivity index (χ3n) is 3.01. The maximum absolute atomic E-state index is 11.5. The first-order valence-corrected chi connectivity index (χ1v) is 7.12. The maximum atomic E-state index is 11.5. The minimum absolute atomic E-state index is 0.193. The topological polar surface area (TPSA) is 68.9 Å². The molecule has 20 heavy (non-hydrogen) atoms. The molecule has 0 saturated heterocycles. The number of rotatable bonds is 11. The molecule has 0 spiro atoms. The van der Waals surface area contributed by atoms with Crippen LogP contribution >= 0.6 is 0 Å². The molecule has 1 aromatic rings. The molecule has 0 unspecified atom stereocenters. The molecule has 1 heterocycles. The van der Waals surface area contributed by atoms with Crippen molar-refractivity contribution < 1.29 is 19.0 Å². The van der Waals surface area contributed by atoms with Crippen LogP contribution in [0, 0.1) is 0 Å². The molecule has 5 nitrogen and oxygen atoms in total. The van der Waals surface area contributed by atoms with Crippen LogP contribution < -0.4 is 10.2 Å². The molecule has 0 aliphatic heterocycles. The molecule has 0 aliphatic carbocycles. The van der Waals surface area contributed by atoms with Crippen molar-refractivity contribution in [1.82, 2.24) is 0 Å². The molecule has 114 valence electrons. The Kier molecular flexibility index (Phi) is 8.74. The molecule has 1 aromatic heterocycles. The highest BCUT2D eigenvalue weighted by Crippen LogP contribution is 2.08. The molecule has 0 fully saturated rings. The van der Waals surface area contributed by atoms with Crippen LogP contribution in [0.25, 0.3) is 0 Å². The molecule has 0 aromatic carbocycles. The molecule has 0 radical (unpaired) electrons. The van der Waals surface area contributed by atoms with Gasteiger partial charge in [0.15, 0.2) is 0 Å². The van der Waals surface area contributed by atoms with Gasteiger partial charge in [-0.2, -0.15) is 0 Å². The van der Waals surface area contributed by atoms with E-state index in [1.807, 2.05) is 0 Å². The van der Waals surface area contributed by atoms with Crippen molar-refractivity contribution in [3.05, 3.63) is 28.3 Å². The van der Waals surface area contributed by atoms with Gasteiger partial charge in [-0.15, -0.1) is 0 Å². The lowest BCUT2D eigenvalue weighted by Gasteiger charge is -2.04. The van der Waals surface area contributed by atoms with Crippen molar-refractivity contribution in [2.45, 2.75) is 45.1 Å². The number of aliphatic hydroxyl groups is 1. The van der Waals surface area contributed by atoms with Gasteiger partial charge < -0.3 is 19.0 Å². The van der Waals surface area contributed by atoms with E-state index < -0.39 is 0 Å². The number of methoxy groups -OCH3 is 1. The highest BCUT2D eigenvalue weighted by Gasteiger charge is 2.03. The summed E-state index contributed by atoms with van der Waals surface area (Å²) in [4.78, 5) is 11.5. The third-order valence-corrected chi connectivity index (χ3v) is 3.01. The Balaban J connectivity index is 2.07. The first-order valence-electron chi connectivity index (χ1n) is 7.12. The number of hydrogen-bond acceptors (Lipinski definition) is 5. The van der Waals surface area contributed by atoms with E-state index in [0.717, 1.165) is 32.1 Å². The standard InChI is InChI=1S/C15H24O5/c1-18-15-12-20-13(10-14(15)17)11-19-9-7-5-3-2-4-6-8-16/h10,12,16H,2-9,11H2,1H3. The van der Waals surface area contributed by atoms with Crippen molar-refractivity contribution in [2.75, 3.05) is 20.3 Å². The predicted octanol–water partition coefficient (Wildman–Crippen LogP) is 2.50. The van der Waals surface area contributed by atoms with Crippen LogP contribution in [0.3, 0.4) is 0 Å². The zero-order valence-electron chi connectivity index (χ0n) is 12.1. The normalized spacial score (nSPS) is 10.7. The summed E-state index contributed by atoms with van der Waals surface area (Å²) in [5.41, 5.74) is -0.193. The van der Waals surface area contributed by atoms with Gasteiger partial charge in [0.1, 0.15) is 18.6 Å². The Hall–Kier alpha value is -1.33. The van der Waals surface area contributed by atoms with Crippen molar-refractivity contribution in [3.8, 4) is 5.75 Å². The van der Waals surface area contributed by atoms with Crippen molar-refractivity contribution in [2.24, 2.45) is 0 Å². The molecule has 0 aliphatic rings. The maximum Gasteiger partial charge on any atom is 0.227 e. The van der Waals surface area contributed by atoms with E-state index in [-0.39, 0.29) is 17.8 Å². The molecule has 0 bridgehead atoms. The van der Waals surface area contributed by atoms with Crippen molar-refractivity contribution >= 4 is 0 Å². The monoisotopic (exact) mass is 284 g/mol. The average molecular weight is 284 g/mol.